The van der Waals surface area contributed by atoms with Gasteiger partial charge in [-0.1, -0.05) is 29.8 Å². The van der Waals surface area contributed by atoms with Crippen molar-refractivity contribution in [3.05, 3.63) is 65.7 Å². The molecular weight excluding hydrogens is 366 g/mol. The molecule has 6 heteroatoms. The normalized spacial score (nSPS) is 14.1. The Balaban J connectivity index is 1.49. The molecule has 1 saturated heterocycles. The third-order valence-electron chi connectivity index (χ3n) is 4.74. The van der Waals surface area contributed by atoms with Gasteiger partial charge in [0, 0.05) is 37.6 Å². The molecule has 0 spiro atoms. The van der Waals surface area contributed by atoms with Crippen LogP contribution in [0.4, 0.5) is 11.4 Å². The smallest absolute Gasteiger partial charge is 0.246 e. The van der Waals surface area contributed by atoms with Gasteiger partial charge in [-0.25, -0.2) is 0 Å². The summed E-state index contributed by atoms with van der Waals surface area (Å²) in [6.07, 6.45) is 3.24. The Morgan fingerprint density at radius 3 is 2.55 bits per heavy atom. The van der Waals surface area contributed by atoms with E-state index in [0.717, 1.165) is 43.1 Å². The Bertz CT molecular complexity index is 871. The lowest BCUT2D eigenvalue weighted by Crippen LogP contribution is -2.36. The second-order valence-electron chi connectivity index (χ2n) is 7.14. The second-order valence-corrected chi connectivity index (χ2v) is 7.14. The largest absolute Gasteiger partial charge is 0.378 e. The molecule has 0 radical (unpaired) electrons. The van der Waals surface area contributed by atoms with E-state index in [0.29, 0.717) is 5.69 Å². The maximum atomic E-state index is 12.3. The van der Waals surface area contributed by atoms with Crippen LogP contribution in [0.3, 0.4) is 0 Å². The van der Waals surface area contributed by atoms with Crippen molar-refractivity contribution in [1.29, 1.82) is 0 Å². The van der Waals surface area contributed by atoms with E-state index in [1.807, 2.05) is 55.5 Å². The van der Waals surface area contributed by atoms with Crippen molar-refractivity contribution in [2.75, 3.05) is 50.1 Å². The number of ether oxygens (including phenoxy) is 1. The predicted octanol–water partition coefficient (Wildman–Crippen LogP) is 2.94. The minimum absolute atomic E-state index is 0.0117. The van der Waals surface area contributed by atoms with Gasteiger partial charge in [-0.3, -0.25) is 9.59 Å². The molecule has 2 aromatic rings. The SMILES string of the molecule is Cc1cccc(/C=C/C(=O)N(C)CC(=O)Nc2ccc(N3CCOCC3)cc2)c1. The molecule has 0 saturated carbocycles. The fourth-order valence-electron chi connectivity index (χ4n) is 3.14. The number of hydrogen-bond acceptors (Lipinski definition) is 4. The van der Waals surface area contributed by atoms with E-state index in [1.165, 1.54) is 11.0 Å². The van der Waals surface area contributed by atoms with Gasteiger partial charge < -0.3 is 19.9 Å². The fraction of sp³-hybridized carbons (Fsp3) is 0.304. The van der Waals surface area contributed by atoms with Crippen LogP contribution >= 0.6 is 0 Å². The highest BCUT2D eigenvalue weighted by Gasteiger charge is 2.13. The second kappa shape index (κ2) is 9.89. The Morgan fingerprint density at radius 2 is 1.86 bits per heavy atom. The summed E-state index contributed by atoms with van der Waals surface area (Å²) < 4.78 is 5.37. The summed E-state index contributed by atoms with van der Waals surface area (Å²) in [6.45, 7) is 5.20. The van der Waals surface area contributed by atoms with Crippen molar-refractivity contribution in [2.24, 2.45) is 0 Å². The van der Waals surface area contributed by atoms with E-state index >= 15 is 0 Å². The minimum Gasteiger partial charge on any atom is -0.378 e. The number of amides is 2. The lowest BCUT2D eigenvalue weighted by molar-refractivity contribution is -0.129. The van der Waals surface area contributed by atoms with Crippen molar-refractivity contribution >= 4 is 29.3 Å². The van der Waals surface area contributed by atoms with Crippen LogP contribution in [0.15, 0.2) is 54.6 Å². The molecule has 0 aromatic heterocycles. The van der Waals surface area contributed by atoms with Crippen LogP contribution in [-0.2, 0) is 14.3 Å². The molecule has 3 rings (SSSR count). The number of benzene rings is 2. The molecule has 0 aliphatic carbocycles. The molecule has 152 valence electrons. The van der Waals surface area contributed by atoms with Crippen molar-refractivity contribution in [3.63, 3.8) is 0 Å². The van der Waals surface area contributed by atoms with E-state index in [9.17, 15) is 9.59 Å². The van der Waals surface area contributed by atoms with Crippen LogP contribution in [0.25, 0.3) is 6.08 Å². The van der Waals surface area contributed by atoms with Crippen LogP contribution in [-0.4, -0.2) is 56.6 Å². The molecule has 0 bridgehead atoms. The Morgan fingerprint density at radius 1 is 1.14 bits per heavy atom. The highest BCUT2D eigenvalue weighted by atomic mass is 16.5. The lowest BCUT2D eigenvalue weighted by Gasteiger charge is -2.28. The number of nitrogens with one attached hydrogen (secondary N) is 1. The molecule has 0 unspecified atom stereocenters. The van der Waals surface area contributed by atoms with Gasteiger partial charge in [0.15, 0.2) is 0 Å². The topological polar surface area (TPSA) is 61.9 Å². The number of hydrogen-bond donors (Lipinski definition) is 1. The zero-order valence-electron chi connectivity index (χ0n) is 16.9. The van der Waals surface area contributed by atoms with E-state index in [1.54, 1.807) is 13.1 Å². The number of morpholine rings is 1. The van der Waals surface area contributed by atoms with Crippen LogP contribution in [0, 0.1) is 6.92 Å². The molecule has 6 nitrogen and oxygen atoms in total. The van der Waals surface area contributed by atoms with Gasteiger partial charge in [0.1, 0.15) is 0 Å². The highest BCUT2D eigenvalue weighted by molar-refractivity contribution is 5.98. The first-order chi connectivity index (χ1) is 14.0. The number of likely N-dealkylation sites (N-methyl/N-ethyl adjacent to an activating group) is 1. The van der Waals surface area contributed by atoms with E-state index in [2.05, 4.69) is 10.2 Å². The molecule has 29 heavy (non-hydrogen) atoms. The van der Waals surface area contributed by atoms with Crippen molar-refractivity contribution in [1.82, 2.24) is 4.90 Å². The zero-order chi connectivity index (χ0) is 20.6. The molecule has 0 atom stereocenters. The Kier molecular flexibility index (Phi) is 7.03. The zero-order valence-corrected chi connectivity index (χ0v) is 16.9. The van der Waals surface area contributed by atoms with Gasteiger partial charge in [-0.2, -0.15) is 0 Å². The predicted molar refractivity (Wildman–Crippen MR) is 116 cm³/mol. The first kappa shape index (κ1) is 20.6. The number of rotatable bonds is 6. The van der Waals surface area contributed by atoms with Gasteiger partial charge in [-0.15, -0.1) is 0 Å². The van der Waals surface area contributed by atoms with Crippen LogP contribution < -0.4 is 10.2 Å². The maximum Gasteiger partial charge on any atom is 0.246 e. The van der Waals surface area contributed by atoms with E-state index in [4.69, 9.17) is 4.74 Å². The van der Waals surface area contributed by atoms with Crippen molar-refractivity contribution in [2.45, 2.75) is 6.92 Å². The average Bonchev–Trinajstić information content (AvgIpc) is 2.73. The third-order valence-corrected chi connectivity index (χ3v) is 4.74. The highest BCUT2D eigenvalue weighted by Crippen LogP contribution is 2.19. The van der Waals surface area contributed by atoms with Crippen LogP contribution in [0.5, 0.6) is 0 Å². The molecule has 1 aliphatic heterocycles. The van der Waals surface area contributed by atoms with Gasteiger partial charge >= 0.3 is 0 Å². The van der Waals surface area contributed by atoms with Gasteiger partial charge in [0.25, 0.3) is 0 Å². The molecule has 2 aromatic carbocycles. The number of anilines is 2. The fourth-order valence-corrected chi connectivity index (χ4v) is 3.14. The number of carbonyl (C=O) groups is 2. The summed E-state index contributed by atoms with van der Waals surface area (Å²) in [5, 5.41) is 2.84. The van der Waals surface area contributed by atoms with Gasteiger partial charge in [-0.05, 0) is 42.8 Å². The number of aryl methyl sites for hydroxylation is 1. The lowest BCUT2D eigenvalue weighted by atomic mass is 10.1. The van der Waals surface area contributed by atoms with E-state index in [-0.39, 0.29) is 18.4 Å². The number of nitrogens with zero attached hydrogens (tertiary/aromatic N) is 2. The molecule has 1 aliphatic rings. The molecule has 1 fully saturated rings. The summed E-state index contributed by atoms with van der Waals surface area (Å²) in [6, 6.07) is 15.6. The summed E-state index contributed by atoms with van der Waals surface area (Å²) in [7, 11) is 1.62. The van der Waals surface area contributed by atoms with E-state index < -0.39 is 0 Å². The van der Waals surface area contributed by atoms with Gasteiger partial charge in [0.05, 0.1) is 19.8 Å². The first-order valence-corrected chi connectivity index (χ1v) is 9.74. The maximum absolute atomic E-state index is 12.3. The third kappa shape index (κ3) is 6.19. The average molecular weight is 393 g/mol. The summed E-state index contributed by atoms with van der Waals surface area (Å²) in [5.41, 5.74) is 3.91. The quantitative estimate of drug-likeness (QED) is 0.767. The molecule has 2 amide bonds. The molecule has 1 heterocycles. The minimum atomic E-state index is -0.232. The monoisotopic (exact) mass is 393 g/mol. The summed E-state index contributed by atoms with van der Waals surface area (Å²) in [5.74, 6) is -0.451. The summed E-state index contributed by atoms with van der Waals surface area (Å²) in [4.78, 5) is 28.2. The standard InChI is InChI=1S/C23H27N3O3/c1-18-4-3-5-19(16-18)6-11-23(28)25(2)17-22(27)24-20-7-9-21(10-8-20)26-12-14-29-15-13-26/h3-11,16H,12-15,17H2,1-2H3,(H,24,27)/b11-6+. The summed E-state index contributed by atoms with van der Waals surface area (Å²) >= 11 is 0. The van der Waals surface area contributed by atoms with Crippen LogP contribution in [0.1, 0.15) is 11.1 Å². The molecular formula is C23H27N3O3. The van der Waals surface area contributed by atoms with Gasteiger partial charge in [0.2, 0.25) is 11.8 Å². The molecule has 1 N–H and O–H groups in total. The van der Waals surface area contributed by atoms with Crippen molar-refractivity contribution in [3.8, 4) is 0 Å². The van der Waals surface area contributed by atoms with Crippen molar-refractivity contribution < 1.29 is 14.3 Å². The Hall–Kier alpha value is -3.12. The number of carbonyl (C=O) groups excluding carboxylic acids is 2. The first-order valence-electron chi connectivity index (χ1n) is 9.74. The van der Waals surface area contributed by atoms with Crippen LogP contribution in [0.2, 0.25) is 0 Å². The Labute approximate surface area is 171 Å².